The van der Waals surface area contributed by atoms with Crippen molar-refractivity contribution in [2.75, 3.05) is 13.6 Å². The van der Waals surface area contributed by atoms with E-state index in [2.05, 4.69) is 18.0 Å². The van der Waals surface area contributed by atoms with Crippen molar-refractivity contribution >= 4 is 0 Å². The Kier molecular flexibility index (Phi) is 2.21. The Morgan fingerprint density at radius 3 is 3.12 bits per heavy atom. The van der Waals surface area contributed by atoms with Gasteiger partial charge in [0.25, 0.3) is 0 Å². The lowest BCUT2D eigenvalue weighted by atomic mass is 9.71. The topological polar surface area (TPSA) is 23.5 Å². The molecule has 3 rings (SSSR count). The zero-order valence-corrected chi connectivity index (χ0v) is 9.82. The van der Waals surface area contributed by atoms with Gasteiger partial charge < -0.3 is 10.0 Å². The molecule has 0 aromatic heterocycles. The molecule has 0 amide bonds. The molecule has 86 valence electrons. The second-order valence-corrected chi connectivity index (χ2v) is 5.50. The molecule has 1 aromatic carbocycles. The summed E-state index contributed by atoms with van der Waals surface area (Å²) in [5, 5.41) is 9.62. The van der Waals surface area contributed by atoms with Gasteiger partial charge in [-0.05, 0) is 44.0 Å². The first kappa shape index (κ1) is 10.2. The number of hydrogen-bond donors (Lipinski definition) is 1. The number of aromatic hydroxyl groups is 1. The third kappa shape index (κ3) is 1.44. The van der Waals surface area contributed by atoms with Crippen LogP contribution in [0.25, 0.3) is 0 Å². The number of likely N-dealkylation sites (N-methyl/N-ethyl adjacent to an activating group) is 1. The highest BCUT2D eigenvalue weighted by atomic mass is 16.3. The lowest BCUT2D eigenvalue weighted by molar-refractivity contribution is 0.294. The third-order valence-corrected chi connectivity index (χ3v) is 4.45. The highest BCUT2D eigenvalue weighted by molar-refractivity contribution is 5.35. The van der Waals surface area contributed by atoms with Crippen molar-refractivity contribution in [3.63, 3.8) is 0 Å². The molecule has 1 aliphatic heterocycles. The van der Waals surface area contributed by atoms with Crippen LogP contribution in [-0.2, 0) is 5.41 Å². The number of nitrogens with zero attached hydrogens (tertiary/aromatic N) is 1. The van der Waals surface area contributed by atoms with Gasteiger partial charge in [-0.3, -0.25) is 0 Å². The summed E-state index contributed by atoms with van der Waals surface area (Å²) in [4.78, 5) is 2.50. The number of phenols is 1. The summed E-state index contributed by atoms with van der Waals surface area (Å²) in [5.41, 5.74) is 1.65. The maximum absolute atomic E-state index is 9.62. The van der Waals surface area contributed by atoms with Crippen molar-refractivity contribution in [2.24, 2.45) is 0 Å². The normalized spacial score (nSPS) is 34.2. The van der Waals surface area contributed by atoms with E-state index in [1.807, 2.05) is 12.1 Å². The Bertz CT molecular complexity index is 399. The van der Waals surface area contributed by atoms with Crippen LogP contribution in [0.15, 0.2) is 24.3 Å². The predicted molar refractivity (Wildman–Crippen MR) is 64.7 cm³/mol. The minimum atomic E-state index is 0.316. The first-order chi connectivity index (χ1) is 7.70. The summed E-state index contributed by atoms with van der Waals surface area (Å²) in [6, 6.07) is 8.64. The SMILES string of the molecule is CN1C[C@]2(c3cccc(O)c3)CCC[C@@H]1C2. The van der Waals surface area contributed by atoms with Gasteiger partial charge in [-0.1, -0.05) is 18.6 Å². The summed E-state index contributed by atoms with van der Waals surface area (Å²) in [5.74, 6) is 0.406. The van der Waals surface area contributed by atoms with Gasteiger partial charge >= 0.3 is 0 Å². The third-order valence-electron chi connectivity index (χ3n) is 4.45. The first-order valence-corrected chi connectivity index (χ1v) is 6.19. The number of rotatable bonds is 1. The van der Waals surface area contributed by atoms with Crippen molar-refractivity contribution in [1.82, 2.24) is 4.90 Å². The van der Waals surface area contributed by atoms with E-state index < -0.39 is 0 Å². The molecule has 2 aliphatic rings. The number of hydrogen-bond acceptors (Lipinski definition) is 2. The molecule has 1 N–H and O–H groups in total. The molecule has 0 spiro atoms. The van der Waals surface area contributed by atoms with Gasteiger partial charge in [-0.25, -0.2) is 0 Å². The molecule has 1 aliphatic carbocycles. The zero-order chi connectivity index (χ0) is 11.2. The van der Waals surface area contributed by atoms with Crippen molar-refractivity contribution in [3.8, 4) is 5.75 Å². The fourth-order valence-corrected chi connectivity index (χ4v) is 3.65. The summed E-state index contributed by atoms with van der Waals surface area (Å²) < 4.78 is 0. The van der Waals surface area contributed by atoms with Crippen LogP contribution >= 0.6 is 0 Å². The summed E-state index contributed by atoms with van der Waals surface area (Å²) in [6.45, 7) is 1.15. The van der Waals surface area contributed by atoms with Crippen LogP contribution in [0.4, 0.5) is 0 Å². The number of likely N-dealkylation sites (tertiary alicyclic amines) is 1. The van der Waals surface area contributed by atoms with Crippen molar-refractivity contribution in [2.45, 2.75) is 37.1 Å². The lowest BCUT2D eigenvalue weighted by Crippen LogP contribution is -2.29. The van der Waals surface area contributed by atoms with Gasteiger partial charge in [-0.2, -0.15) is 0 Å². The molecule has 16 heavy (non-hydrogen) atoms. The van der Waals surface area contributed by atoms with Gasteiger partial charge in [0.1, 0.15) is 5.75 Å². The Morgan fingerprint density at radius 2 is 2.31 bits per heavy atom. The average molecular weight is 217 g/mol. The van der Waals surface area contributed by atoms with Gasteiger partial charge in [0, 0.05) is 18.0 Å². The van der Waals surface area contributed by atoms with Crippen molar-refractivity contribution < 1.29 is 5.11 Å². The molecule has 1 saturated carbocycles. The molecule has 1 saturated heterocycles. The monoisotopic (exact) mass is 217 g/mol. The van der Waals surface area contributed by atoms with Crippen molar-refractivity contribution in [3.05, 3.63) is 29.8 Å². The van der Waals surface area contributed by atoms with Crippen LogP contribution in [0.5, 0.6) is 5.75 Å². The molecule has 2 heteroatoms. The summed E-state index contributed by atoms with van der Waals surface area (Å²) >= 11 is 0. The van der Waals surface area contributed by atoms with Crippen LogP contribution < -0.4 is 0 Å². The second kappa shape index (κ2) is 3.49. The van der Waals surface area contributed by atoms with E-state index in [0.29, 0.717) is 11.2 Å². The Morgan fingerprint density at radius 1 is 1.44 bits per heavy atom. The molecular formula is C14H19NO. The van der Waals surface area contributed by atoms with E-state index in [4.69, 9.17) is 0 Å². The van der Waals surface area contributed by atoms with Crippen molar-refractivity contribution in [1.29, 1.82) is 0 Å². The highest BCUT2D eigenvalue weighted by Crippen LogP contribution is 2.47. The molecule has 2 bridgehead atoms. The highest BCUT2D eigenvalue weighted by Gasteiger charge is 2.45. The Balaban J connectivity index is 1.99. The van der Waals surface area contributed by atoms with E-state index in [9.17, 15) is 5.11 Å². The largest absolute Gasteiger partial charge is 0.508 e. The molecule has 1 heterocycles. The Labute approximate surface area is 96.9 Å². The molecular weight excluding hydrogens is 198 g/mol. The van der Waals surface area contributed by atoms with Gasteiger partial charge in [0.15, 0.2) is 0 Å². The van der Waals surface area contributed by atoms with Crippen LogP contribution in [0.1, 0.15) is 31.2 Å². The molecule has 2 atom stereocenters. The molecule has 2 fully saturated rings. The van der Waals surface area contributed by atoms with E-state index in [1.54, 1.807) is 6.07 Å². The maximum atomic E-state index is 9.62. The molecule has 2 nitrogen and oxygen atoms in total. The molecule has 1 aromatic rings. The average Bonchev–Trinajstić information content (AvgIpc) is 2.51. The standard InChI is InChI=1S/C14H19NO/c1-15-10-14(7-3-5-12(15)9-14)11-4-2-6-13(16)8-11/h2,4,6,8,12,16H,3,5,7,9-10H2,1H3/t12-,14+/m1/s1. The quantitative estimate of drug-likeness (QED) is 0.781. The maximum Gasteiger partial charge on any atom is 0.115 e. The summed E-state index contributed by atoms with van der Waals surface area (Å²) in [6.07, 6.45) is 5.21. The fourth-order valence-electron chi connectivity index (χ4n) is 3.65. The van der Waals surface area contributed by atoms with E-state index >= 15 is 0 Å². The second-order valence-electron chi connectivity index (χ2n) is 5.50. The molecule has 0 unspecified atom stereocenters. The van der Waals surface area contributed by atoms with Gasteiger partial charge in [0.05, 0.1) is 0 Å². The van der Waals surface area contributed by atoms with Crippen LogP contribution in [-0.4, -0.2) is 29.6 Å². The summed E-state index contributed by atoms with van der Waals surface area (Å²) in [7, 11) is 2.24. The van der Waals surface area contributed by atoms with E-state index in [0.717, 1.165) is 12.6 Å². The number of fused-ring (bicyclic) bond motifs is 2. The number of phenolic OH excluding ortho intramolecular Hbond substituents is 1. The smallest absolute Gasteiger partial charge is 0.115 e. The lowest BCUT2D eigenvalue weighted by Gasteiger charge is -2.32. The van der Waals surface area contributed by atoms with Gasteiger partial charge in [0.2, 0.25) is 0 Å². The van der Waals surface area contributed by atoms with Crippen LogP contribution in [0.3, 0.4) is 0 Å². The van der Waals surface area contributed by atoms with Crippen LogP contribution in [0, 0.1) is 0 Å². The molecule has 0 radical (unpaired) electrons. The minimum absolute atomic E-state index is 0.316. The number of benzene rings is 1. The van der Waals surface area contributed by atoms with Gasteiger partial charge in [-0.15, -0.1) is 0 Å². The minimum Gasteiger partial charge on any atom is -0.508 e. The fraction of sp³-hybridized carbons (Fsp3) is 0.571. The predicted octanol–water partition coefficient (Wildman–Crippen LogP) is 2.52. The van der Waals surface area contributed by atoms with E-state index in [-0.39, 0.29) is 0 Å². The van der Waals surface area contributed by atoms with Crippen LogP contribution in [0.2, 0.25) is 0 Å². The first-order valence-electron chi connectivity index (χ1n) is 6.19. The zero-order valence-electron chi connectivity index (χ0n) is 9.82. The Hall–Kier alpha value is -1.02. The van der Waals surface area contributed by atoms with E-state index in [1.165, 1.54) is 31.2 Å².